The number of unbranched alkanes of at least 4 members (excludes halogenated alkanes) is 1. The van der Waals surface area contributed by atoms with Crippen LogP contribution in [0, 0.1) is 0 Å². The van der Waals surface area contributed by atoms with Crippen molar-refractivity contribution in [3.05, 3.63) is 41.5 Å². The quantitative estimate of drug-likeness (QED) is 0.846. The molecule has 1 aromatic heterocycles. The second-order valence-electron chi connectivity index (χ2n) is 5.02. The number of para-hydroxylation sites is 1. The van der Waals surface area contributed by atoms with Gasteiger partial charge in [0.15, 0.2) is 5.82 Å². The van der Waals surface area contributed by atoms with E-state index in [2.05, 4.69) is 16.2 Å². The van der Waals surface area contributed by atoms with Crippen LogP contribution in [0.5, 0.6) is 5.75 Å². The maximum atomic E-state index is 5.66. The first-order chi connectivity index (χ1) is 9.88. The molecule has 0 spiro atoms. The van der Waals surface area contributed by atoms with E-state index in [1.165, 1.54) is 0 Å². The van der Waals surface area contributed by atoms with Crippen molar-refractivity contribution in [3.63, 3.8) is 0 Å². The highest BCUT2D eigenvalue weighted by atomic mass is 16.5. The van der Waals surface area contributed by atoms with Crippen LogP contribution < -0.4 is 10.5 Å². The van der Waals surface area contributed by atoms with Gasteiger partial charge in [0.25, 0.3) is 0 Å². The number of nitrogens with zero attached hydrogens (tertiary/aromatic N) is 2. The Morgan fingerprint density at radius 3 is 3.05 bits per heavy atom. The molecule has 3 rings (SSSR count). The minimum absolute atomic E-state index is 0.173. The molecule has 5 heteroatoms. The van der Waals surface area contributed by atoms with Crippen LogP contribution in [0.2, 0.25) is 0 Å². The Morgan fingerprint density at radius 1 is 1.25 bits per heavy atom. The number of fused-ring (bicyclic) bond motifs is 1. The van der Waals surface area contributed by atoms with Crippen LogP contribution in [-0.2, 0) is 6.42 Å². The van der Waals surface area contributed by atoms with Gasteiger partial charge in [-0.25, -0.2) is 0 Å². The fourth-order valence-corrected chi connectivity index (χ4v) is 2.54. The van der Waals surface area contributed by atoms with Crippen LogP contribution >= 0.6 is 0 Å². The summed E-state index contributed by atoms with van der Waals surface area (Å²) in [7, 11) is 0. The monoisotopic (exact) mass is 273 g/mol. The maximum absolute atomic E-state index is 5.66. The lowest BCUT2D eigenvalue weighted by molar-refractivity contribution is 0.272. The van der Waals surface area contributed by atoms with Crippen molar-refractivity contribution in [2.75, 3.05) is 13.2 Å². The molecule has 2 N–H and O–H groups in total. The van der Waals surface area contributed by atoms with Crippen LogP contribution in [0.3, 0.4) is 0 Å². The highest BCUT2D eigenvalue weighted by molar-refractivity contribution is 5.40. The zero-order chi connectivity index (χ0) is 13.8. The van der Waals surface area contributed by atoms with E-state index < -0.39 is 0 Å². The lowest BCUT2D eigenvalue weighted by atomic mass is 9.92. The fraction of sp³-hybridized carbons (Fsp3) is 0.467. The van der Waals surface area contributed by atoms with E-state index in [-0.39, 0.29) is 5.92 Å². The van der Waals surface area contributed by atoms with Crippen LogP contribution in [-0.4, -0.2) is 23.3 Å². The van der Waals surface area contributed by atoms with Crippen molar-refractivity contribution in [1.82, 2.24) is 10.1 Å². The number of nitrogens with two attached hydrogens (primary N) is 1. The van der Waals surface area contributed by atoms with Gasteiger partial charge in [-0.3, -0.25) is 0 Å². The van der Waals surface area contributed by atoms with Crippen molar-refractivity contribution in [1.29, 1.82) is 0 Å². The Labute approximate surface area is 118 Å². The highest BCUT2D eigenvalue weighted by Gasteiger charge is 2.26. The van der Waals surface area contributed by atoms with Gasteiger partial charge in [-0.15, -0.1) is 0 Å². The summed E-state index contributed by atoms with van der Waals surface area (Å²) in [5.74, 6) is 2.58. The second kappa shape index (κ2) is 6.05. The summed E-state index contributed by atoms with van der Waals surface area (Å²) in [5, 5.41) is 4.14. The van der Waals surface area contributed by atoms with E-state index in [4.69, 9.17) is 15.0 Å². The molecule has 1 aliphatic heterocycles. The molecular formula is C15H19N3O2. The van der Waals surface area contributed by atoms with Gasteiger partial charge in [0.2, 0.25) is 5.89 Å². The van der Waals surface area contributed by atoms with Crippen molar-refractivity contribution in [2.45, 2.75) is 31.6 Å². The average molecular weight is 273 g/mol. The Hall–Kier alpha value is -1.88. The van der Waals surface area contributed by atoms with Crippen LogP contribution in [0.1, 0.15) is 42.5 Å². The molecule has 20 heavy (non-hydrogen) atoms. The third kappa shape index (κ3) is 2.67. The van der Waals surface area contributed by atoms with Gasteiger partial charge in [0, 0.05) is 12.0 Å². The molecule has 0 amide bonds. The van der Waals surface area contributed by atoms with E-state index in [0.29, 0.717) is 19.0 Å². The largest absolute Gasteiger partial charge is 0.493 e. The average Bonchev–Trinajstić information content (AvgIpc) is 2.96. The molecular weight excluding hydrogens is 254 g/mol. The molecule has 0 saturated carbocycles. The Bertz CT molecular complexity index is 568. The van der Waals surface area contributed by atoms with Gasteiger partial charge in [-0.2, -0.15) is 4.98 Å². The number of aryl methyl sites for hydroxylation is 1. The topological polar surface area (TPSA) is 74.2 Å². The molecule has 0 radical (unpaired) electrons. The normalized spacial score (nSPS) is 17.6. The molecule has 0 aliphatic carbocycles. The summed E-state index contributed by atoms with van der Waals surface area (Å²) in [6.45, 7) is 1.40. The highest BCUT2D eigenvalue weighted by Crippen LogP contribution is 2.36. The molecule has 0 bridgehead atoms. The van der Waals surface area contributed by atoms with Gasteiger partial charge in [-0.05, 0) is 31.9 Å². The van der Waals surface area contributed by atoms with E-state index in [1.807, 2.05) is 18.2 Å². The standard InChI is InChI=1S/C15H19N3O2/c16-9-4-3-7-14-17-15(18-20-14)12-8-10-19-13-6-2-1-5-11(12)13/h1-2,5-6,12H,3-4,7-10,16H2. The molecule has 0 fully saturated rings. The summed E-state index contributed by atoms with van der Waals surface area (Å²) >= 11 is 0. The van der Waals surface area contributed by atoms with Gasteiger partial charge in [-0.1, -0.05) is 23.4 Å². The number of ether oxygens (including phenoxy) is 1. The van der Waals surface area contributed by atoms with Gasteiger partial charge in [0.05, 0.1) is 12.5 Å². The first-order valence-corrected chi connectivity index (χ1v) is 7.13. The zero-order valence-corrected chi connectivity index (χ0v) is 11.4. The van der Waals surface area contributed by atoms with Crippen molar-refractivity contribution in [2.24, 2.45) is 5.73 Å². The zero-order valence-electron chi connectivity index (χ0n) is 11.4. The summed E-state index contributed by atoms with van der Waals surface area (Å²) in [4.78, 5) is 4.53. The fourth-order valence-electron chi connectivity index (χ4n) is 2.54. The molecule has 1 unspecified atom stereocenters. The third-order valence-electron chi connectivity index (χ3n) is 3.60. The number of aromatic nitrogens is 2. The van der Waals surface area contributed by atoms with E-state index in [1.54, 1.807) is 0 Å². The Morgan fingerprint density at radius 2 is 2.15 bits per heavy atom. The minimum atomic E-state index is 0.173. The minimum Gasteiger partial charge on any atom is -0.493 e. The Balaban J connectivity index is 1.77. The van der Waals surface area contributed by atoms with E-state index in [0.717, 1.165) is 42.8 Å². The van der Waals surface area contributed by atoms with Crippen LogP contribution in [0.25, 0.3) is 0 Å². The summed E-state index contributed by atoms with van der Waals surface area (Å²) in [6, 6.07) is 8.06. The molecule has 1 atom stereocenters. The molecule has 2 aromatic rings. The second-order valence-corrected chi connectivity index (χ2v) is 5.02. The molecule has 1 aromatic carbocycles. The number of benzene rings is 1. The summed E-state index contributed by atoms with van der Waals surface area (Å²) < 4.78 is 11.0. The molecule has 1 aliphatic rings. The maximum Gasteiger partial charge on any atom is 0.226 e. The van der Waals surface area contributed by atoms with Crippen molar-refractivity contribution < 1.29 is 9.26 Å². The predicted octanol–water partition coefficient (Wildman–Crippen LogP) is 2.27. The van der Waals surface area contributed by atoms with Gasteiger partial charge < -0.3 is 15.0 Å². The number of rotatable bonds is 5. The van der Waals surface area contributed by atoms with E-state index in [9.17, 15) is 0 Å². The molecule has 2 heterocycles. The van der Waals surface area contributed by atoms with Crippen LogP contribution in [0.15, 0.2) is 28.8 Å². The first-order valence-electron chi connectivity index (χ1n) is 7.13. The molecule has 5 nitrogen and oxygen atoms in total. The van der Waals surface area contributed by atoms with Crippen LogP contribution in [0.4, 0.5) is 0 Å². The SMILES string of the molecule is NCCCCc1nc(C2CCOc3ccccc32)no1. The molecule has 106 valence electrons. The third-order valence-corrected chi connectivity index (χ3v) is 3.60. The van der Waals surface area contributed by atoms with Crippen molar-refractivity contribution >= 4 is 0 Å². The molecule has 0 saturated heterocycles. The van der Waals surface area contributed by atoms with Crippen molar-refractivity contribution in [3.8, 4) is 5.75 Å². The lowest BCUT2D eigenvalue weighted by Crippen LogP contribution is -2.16. The number of hydrogen-bond donors (Lipinski definition) is 1. The summed E-state index contributed by atoms with van der Waals surface area (Å²) in [5.41, 5.74) is 6.63. The summed E-state index contributed by atoms with van der Waals surface area (Å²) in [6.07, 6.45) is 3.66. The lowest BCUT2D eigenvalue weighted by Gasteiger charge is -2.23. The van der Waals surface area contributed by atoms with Gasteiger partial charge in [0.1, 0.15) is 5.75 Å². The number of hydrogen-bond acceptors (Lipinski definition) is 5. The Kier molecular flexibility index (Phi) is 3.97. The predicted molar refractivity (Wildman–Crippen MR) is 74.7 cm³/mol. The van der Waals surface area contributed by atoms with Gasteiger partial charge >= 0.3 is 0 Å². The smallest absolute Gasteiger partial charge is 0.226 e. The van der Waals surface area contributed by atoms with E-state index >= 15 is 0 Å². The first kappa shape index (κ1) is 13.1.